The number of alkyl halides is 1. The number of piperidine rings is 1. The van der Waals surface area contributed by atoms with Gasteiger partial charge in [0.1, 0.15) is 11.4 Å². The molecule has 2 N–H and O–H groups in total. The molecular formula is C13H19FN2O. The van der Waals surface area contributed by atoms with E-state index in [1.54, 1.807) is 7.11 Å². The lowest BCUT2D eigenvalue weighted by atomic mass is 9.96. The van der Waals surface area contributed by atoms with Gasteiger partial charge in [-0.25, -0.2) is 4.39 Å². The largest absolute Gasteiger partial charge is 0.497 e. The first-order valence-electron chi connectivity index (χ1n) is 5.99. The lowest BCUT2D eigenvalue weighted by Crippen LogP contribution is -2.46. The SMILES string of the molecule is COc1cccc(NCC2(F)CCCNC2)c1. The molecule has 1 aromatic carbocycles. The quantitative estimate of drug-likeness (QED) is 0.843. The summed E-state index contributed by atoms with van der Waals surface area (Å²) in [6, 6.07) is 7.56. The number of nitrogens with one attached hydrogen (secondary N) is 2. The van der Waals surface area contributed by atoms with Crippen LogP contribution >= 0.6 is 0 Å². The second-order valence-corrected chi connectivity index (χ2v) is 4.52. The van der Waals surface area contributed by atoms with Crippen molar-refractivity contribution in [3.8, 4) is 5.75 Å². The molecule has 0 aromatic heterocycles. The van der Waals surface area contributed by atoms with E-state index in [4.69, 9.17) is 4.74 Å². The van der Waals surface area contributed by atoms with Gasteiger partial charge in [0.25, 0.3) is 0 Å². The van der Waals surface area contributed by atoms with Crippen LogP contribution in [0.1, 0.15) is 12.8 Å². The number of ether oxygens (including phenoxy) is 1. The molecule has 0 spiro atoms. The van der Waals surface area contributed by atoms with E-state index in [2.05, 4.69) is 10.6 Å². The van der Waals surface area contributed by atoms with Crippen molar-refractivity contribution >= 4 is 5.69 Å². The monoisotopic (exact) mass is 238 g/mol. The summed E-state index contributed by atoms with van der Waals surface area (Å²) < 4.78 is 19.4. The van der Waals surface area contributed by atoms with Crippen LogP contribution in [0.15, 0.2) is 24.3 Å². The zero-order valence-corrected chi connectivity index (χ0v) is 10.1. The van der Waals surface area contributed by atoms with E-state index in [0.29, 0.717) is 19.5 Å². The van der Waals surface area contributed by atoms with Gasteiger partial charge < -0.3 is 15.4 Å². The van der Waals surface area contributed by atoms with Gasteiger partial charge >= 0.3 is 0 Å². The maximum absolute atomic E-state index is 14.3. The highest BCUT2D eigenvalue weighted by atomic mass is 19.1. The molecule has 0 radical (unpaired) electrons. The number of halogens is 1. The predicted molar refractivity (Wildman–Crippen MR) is 67.4 cm³/mol. The van der Waals surface area contributed by atoms with E-state index in [0.717, 1.165) is 24.4 Å². The third kappa shape index (κ3) is 3.33. The fraction of sp³-hybridized carbons (Fsp3) is 0.538. The predicted octanol–water partition coefficient (Wildman–Crippen LogP) is 2.20. The van der Waals surface area contributed by atoms with E-state index in [1.807, 2.05) is 24.3 Å². The lowest BCUT2D eigenvalue weighted by molar-refractivity contribution is 0.137. The van der Waals surface area contributed by atoms with Crippen LogP contribution < -0.4 is 15.4 Å². The van der Waals surface area contributed by atoms with Crippen LogP contribution in [-0.2, 0) is 0 Å². The Morgan fingerprint density at radius 1 is 1.53 bits per heavy atom. The van der Waals surface area contributed by atoms with E-state index in [9.17, 15) is 4.39 Å². The number of benzene rings is 1. The van der Waals surface area contributed by atoms with Crippen molar-refractivity contribution in [2.45, 2.75) is 18.5 Å². The van der Waals surface area contributed by atoms with Gasteiger partial charge in [0.2, 0.25) is 0 Å². The normalized spacial score (nSPS) is 24.4. The molecule has 1 aliphatic rings. The van der Waals surface area contributed by atoms with Crippen molar-refractivity contribution in [1.29, 1.82) is 0 Å². The average molecular weight is 238 g/mol. The van der Waals surface area contributed by atoms with Crippen molar-refractivity contribution in [3.63, 3.8) is 0 Å². The van der Waals surface area contributed by atoms with Gasteiger partial charge in [-0.1, -0.05) is 6.07 Å². The number of hydrogen-bond acceptors (Lipinski definition) is 3. The zero-order valence-electron chi connectivity index (χ0n) is 10.1. The molecule has 1 saturated heterocycles. The van der Waals surface area contributed by atoms with Crippen LogP contribution in [0.4, 0.5) is 10.1 Å². The summed E-state index contributed by atoms with van der Waals surface area (Å²) >= 11 is 0. The summed E-state index contributed by atoms with van der Waals surface area (Å²) in [5.41, 5.74) is -0.242. The van der Waals surface area contributed by atoms with Crippen LogP contribution in [0.2, 0.25) is 0 Å². The molecular weight excluding hydrogens is 219 g/mol. The number of rotatable bonds is 4. The molecule has 1 fully saturated rings. The van der Waals surface area contributed by atoms with E-state index in [1.165, 1.54) is 0 Å². The number of hydrogen-bond donors (Lipinski definition) is 2. The van der Waals surface area contributed by atoms with Gasteiger partial charge in [0.05, 0.1) is 13.7 Å². The Morgan fingerprint density at radius 3 is 3.12 bits per heavy atom. The molecule has 0 amide bonds. The molecule has 0 saturated carbocycles. The Balaban J connectivity index is 1.92. The summed E-state index contributed by atoms with van der Waals surface area (Å²) in [6.45, 7) is 1.70. The zero-order chi connectivity index (χ0) is 12.1. The van der Waals surface area contributed by atoms with Crippen molar-refractivity contribution < 1.29 is 9.13 Å². The van der Waals surface area contributed by atoms with Crippen LogP contribution in [0.25, 0.3) is 0 Å². The first-order chi connectivity index (χ1) is 8.22. The van der Waals surface area contributed by atoms with Crippen molar-refractivity contribution in [2.24, 2.45) is 0 Å². The summed E-state index contributed by atoms with van der Waals surface area (Å²) in [4.78, 5) is 0. The molecule has 1 aliphatic heterocycles. The molecule has 94 valence electrons. The minimum atomic E-state index is -1.14. The maximum Gasteiger partial charge on any atom is 0.140 e. The third-order valence-corrected chi connectivity index (χ3v) is 3.10. The van der Waals surface area contributed by atoms with Crippen LogP contribution in [0.3, 0.4) is 0 Å². The molecule has 1 unspecified atom stereocenters. The summed E-state index contributed by atoms with van der Waals surface area (Å²) in [5, 5.41) is 6.23. The number of methoxy groups -OCH3 is 1. The fourth-order valence-electron chi connectivity index (χ4n) is 2.08. The Bertz CT molecular complexity index is 364. The van der Waals surface area contributed by atoms with Crippen LogP contribution in [0, 0.1) is 0 Å². The van der Waals surface area contributed by atoms with Crippen molar-refractivity contribution in [1.82, 2.24) is 5.32 Å². The minimum Gasteiger partial charge on any atom is -0.497 e. The first kappa shape index (κ1) is 12.2. The first-order valence-corrected chi connectivity index (χ1v) is 5.99. The third-order valence-electron chi connectivity index (χ3n) is 3.10. The van der Waals surface area contributed by atoms with Gasteiger partial charge in [0.15, 0.2) is 0 Å². The molecule has 0 aliphatic carbocycles. The molecule has 1 heterocycles. The van der Waals surface area contributed by atoms with Crippen molar-refractivity contribution in [2.75, 3.05) is 32.1 Å². The molecule has 0 bridgehead atoms. The van der Waals surface area contributed by atoms with E-state index in [-0.39, 0.29) is 0 Å². The fourth-order valence-corrected chi connectivity index (χ4v) is 2.08. The molecule has 1 aromatic rings. The Labute approximate surface area is 101 Å². The second kappa shape index (κ2) is 5.36. The van der Waals surface area contributed by atoms with Gasteiger partial charge in [-0.15, -0.1) is 0 Å². The van der Waals surface area contributed by atoms with Gasteiger partial charge in [-0.3, -0.25) is 0 Å². The lowest BCUT2D eigenvalue weighted by Gasteiger charge is -2.30. The Morgan fingerprint density at radius 2 is 2.41 bits per heavy atom. The van der Waals surface area contributed by atoms with E-state index < -0.39 is 5.67 Å². The topological polar surface area (TPSA) is 33.3 Å². The molecule has 17 heavy (non-hydrogen) atoms. The smallest absolute Gasteiger partial charge is 0.140 e. The molecule has 1 atom stereocenters. The maximum atomic E-state index is 14.3. The standard InChI is InChI=1S/C13H19FN2O/c1-17-12-5-2-4-11(8-12)16-10-13(14)6-3-7-15-9-13/h2,4-5,8,15-16H,3,6-7,9-10H2,1H3. The highest BCUT2D eigenvalue weighted by Gasteiger charge is 2.31. The van der Waals surface area contributed by atoms with Crippen molar-refractivity contribution in [3.05, 3.63) is 24.3 Å². The minimum absolute atomic E-state index is 0.340. The second-order valence-electron chi connectivity index (χ2n) is 4.52. The van der Waals surface area contributed by atoms with Gasteiger partial charge in [-0.2, -0.15) is 0 Å². The molecule has 3 nitrogen and oxygen atoms in total. The van der Waals surface area contributed by atoms with Crippen LogP contribution in [-0.4, -0.2) is 32.4 Å². The number of anilines is 1. The average Bonchev–Trinajstić information content (AvgIpc) is 2.38. The molecule has 2 rings (SSSR count). The molecule has 4 heteroatoms. The van der Waals surface area contributed by atoms with E-state index >= 15 is 0 Å². The highest BCUT2D eigenvalue weighted by molar-refractivity contribution is 5.48. The highest BCUT2D eigenvalue weighted by Crippen LogP contribution is 2.23. The van der Waals surface area contributed by atoms with Crippen LogP contribution in [0.5, 0.6) is 5.75 Å². The summed E-state index contributed by atoms with van der Waals surface area (Å²) in [7, 11) is 1.63. The summed E-state index contributed by atoms with van der Waals surface area (Å²) in [5.74, 6) is 0.782. The Kier molecular flexibility index (Phi) is 3.84. The Hall–Kier alpha value is -1.29. The van der Waals surface area contributed by atoms with Gasteiger partial charge in [-0.05, 0) is 31.5 Å². The van der Waals surface area contributed by atoms with Gasteiger partial charge in [0, 0.05) is 18.3 Å². The summed E-state index contributed by atoms with van der Waals surface area (Å²) in [6.07, 6.45) is 1.52.